The fourth-order valence-electron chi connectivity index (χ4n) is 5.38. The van der Waals surface area contributed by atoms with Crippen molar-refractivity contribution in [2.45, 2.75) is 11.2 Å². The van der Waals surface area contributed by atoms with E-state index in [-0.39, 0.29) is 0 Å². The van der Waals surface area contributed by atoms with Gasteiger partial charge in [-0.05, 0) is 16.7 Å². The highest BCUT2D eigenvalue weighted by Gasteiger charge is 2.56. The minimum Gasteiger partial charge on any atom is -0.217 e. The minimum atomic E-state index is -0.927. The summed E-state index contributed by atoms with van der Waals surface area (Å²) < 4.78 is 0. The van der Waals surface area contributed by atoms with E-state index in [9.17, 15) is 0 Å². The molecule has 174 valence electrons. The minimum absolute atomic E-state index is 0.765. The number of hydrogen-bond donors (Lipinski definition) is 1. The van der Waals surface area contributed by atoms with Crippen molar-refractivity contribution in [3.63, 3.8) is 0 Å². The topological polar surface area (TPSA) is 40.0 Å². The highest BCUT2D eigenvalue weighted by Crippen LogP contribution is 2.51. The summed E-state index contributed by atoms with van der Waals surface area (Å²) in [6.07, 6.45) is 0. The smallest absolute Gasteiger partial charge is 0.206 e. The zero-order valence-corrected chi connectivity index (χ0v) is 19.8. The molecule has 36 heavy (non-hydrogen) atoms. The van der Waals surface area contributed by atoms with Crippen molar-refractivity contribution in [1.82, 2.24) is 10.5 Å². The van der Waals surface area contributed by atoms with Crippen LogP contribution in [0.3, 0.4) is 0 Å². The molecule has 0 aromatic heterocycles. The number of hydrogen-bond acceptors (Lipinski definition) is 4. The predicted molar refractivity (Wildman–Crippen MR) is 143 cm³/mol. The molecule has 0 spiro atoms. The Bertz CT molecular complexity index is 1300. The highest BCUT2D eigenvalue weighted by atomic mass is 15.8. The number of benzene rings is 5. The summed E-state index contributed by atoms with van der Waals surface area (Å²) in [5.41, 5.74) is 7.06. The van der Waals surface area contributed by atoms with Gasteiger partial charge in [-0.2, -0.15) is 0 Å². The molecule has 1 heterocycles. The zero-order chi connectivity index (χ0) is 24.3. The molecule has 5 aromatic rings. The molecule has 5 aromatic carbocycles. The van der Waals surface area contributed by atoms with Gasteiger partial charge in [-0.25, -0.2) is 5.53 Å². The second kappa shape index (κ2) is 9.25. The van der Waals surface area contributed by atoms with E-state index >= 15 is 0 Å². The van der Waals surface area contributed by atoms with Crippen LogP contribution in [0.1, 0.15) is 27.8 Å². The standard InChI is InChI=1S/C32H26N4/c1-6-16-26(17-7-1)31(27-18-8-2-9-19-27,28-20-10-3-11-21-28)36-32(33-34-35-36,29-22-12-4-13-23-29)30-24-14-5-15-25-30/h1-25H,(H,33,35). The van der Waals surface area contributed by atoms with Crippen LogP contribution in [-0.2, 0) is 11.2 Å². The predicted octanol–water partition coefficient (Wildman–Crippen LogP) is 7.07. The lowest BCUT2D eigenvalue weighted by Gasteiger charge is -2.49. The molecule has 1 aliphatic rings. The van der Waals surface area contributed by atoms with Crippen LogP contribution in [0.4, 0.5) is 0 Å². The SMILES string of the molecule is c1ccc(C2(c3ccccc3)N=NNN2C(c2ccccc2)(c2ccccc2)c2ccccc2)cc1. The molecular formula is C32H26N4. The van der Waals surface area contributed by atoms with Crippen LogP contribution in [-0.4, -0.2) is 5.01 Å². The zero-order valence-electron chi connectivity index (χ0n) is 19.8. The molecule has 0 atom stereocenters. The first-order chi connectivity index (χ1) is 17.9. The van der Waals surface area contributed by atoms with Crippen LogP contribution < -0.4 is 5.53 Å². The maximum atomic E-state index is 4.97. The largest absolute Gasteiger partial charge is 0.217 e. The Morgan fingerprint density at radius 1 is 0.472 bits per heavy atom. The van der Waals surface area contributed by atoms with Crippen molar-refractivity contribution in [3.8, 4) is 0 Å². The van der Waals surface area contributed by atoms with Crippen molar-refractivity contribution in [2.75, 3.05) is 0 Å². The molecule has 0 radical (unpaired) electrons. The lowest BCUT2D eigenvalue weighted by molar-refractivity contribution is 0.0233. The van der Waals surface area contributed by atoms with E-state index in [1.807, 2.05) is 12.1 Å². The van der Waals surface area contributed by atoms with E-state index in [0.29, 0.717) is 0 Å². The summed E-state index contributed by atoms with van der Waals surface area (Å²) >= 11 is 0. The quantitative estimate of drug-likeness (QED) is 0.272. The van der Waals surface area contributed by atoms with Crippen molar-refractivity contribution >= 4 is 0 Å². The third-order valence-corrected chi connectivity index (χ3v) is 6.93. The van der Waals surface area contributed by atoms with Gasteiger partial charge < -0.3 is 0 Å². The Hall–Kier alpha value is -4.54. The molecule has 1 aliphatic heterocycles. The first-order valence-electron chi connectivity index (χ1n) is 12.1. The molecule has 6 rings (SSSR count). The van der Waals surface area contributed by atoms with Crippen LogP contribution in [0.5, 0.6) is 0 Å². The van der Waals surface area contributed by atoms with Gasteiger partial charge in [0.1, 0.15) is 5.54 Å². The normalized spacial score (nSPS) is 14.9. The Balaban J connectivity index is 1.75. The lowest BCUT2D eigenvalue weighted by Crippen LogP contribution is -2.60. The van der Waals surface area contributed by atoms with E-state index in [4.69, 9.17) is 5.11 Å². The van der Waals surface area contributed by atoms with E-state index in [1.54, 1.807) is 0 Å². The van der Waals surface area contributed by atoms with Gasteiger partial charge in [0.2, 0.25) is 5.66 Å². The van der Waals surface area contributed by atoms with Crippen LogP contribution in [0.15, 0.2) is 162 Å². The number of nitrogens with zero attached hydrogens (tertiary/aromatic N) is 3. The van der Waals surface area contributed by atoms with Crippen molar-refractivity contribution in [2.24, 2.45) is 10.3 Å². The first kappa shape index (κ1) is 22.0. The molecule has 1 N–H and O–H groups in total. The Kier molecular flexibility index (Phi) is 5.64. The number of hydrazine groups is 1. The summed E-state index contributed by atoms with van der Waals surface area (Å²) in [6.45, 7) is 0. The van der Waals surface area contributed by atoms with E-state index in [1.165, 1.54) is 0 Å². The van der Waals surface area contributed by atoms with E-state index < -0.39 is 11.2 Å². The fraction of sp³-hybridized carbons (Fsp3) is 0.0625. The highest BCUT2D eigenvalue weighted by molar-refractivity contribution is 5.52. The van der Waals surface area contributed by atoms with Gasteiger partial charge in [0, 0.05) is 11.1 Å². The molecule has 0 saturated heterocycles. The average Bonchev–Trinajstić information content (AvgIpc) is 3.43. The maximum absolute atomic E-state index is 4.97. The van der Waals surface area contributed by atoms with E-state index in [2.05, 4.69) is 155 Å². The molecule has 0 bridgehead atoms. The number of rotatable bonds is 6. The van der Waals surface area contributed by atoms with Crippen LogP contribution in [0, 0.1) is 0 Å². The number of nitrogens with one attached hydrogen (secondary N) is 1. The van der Waals surface area contributed by atoms with Gasteiger partial charge in [-0.3, -0.25) is 0 Å². The van der Waals surface area contributed by atoms with Gasteiger partial charge in [0.15, 0.2) is 0 Å². The average molecular weight is 467 g/mol. The second-order valence-corrected chi connectivity index (χ2v) is 8.85. The monoisotopic (exact) mass is 466 g/mol. The van der Waals surface area contributed by atoms with Crippen molar-refractivity contribution < 1.29 is 0 Å². The summed E-state index contributed by atoms with van der Waals surface area (Å²) in [7, 11) is 0. The molecule has 4 nitrogen and oxygen atoms in total. The Labute approximate surface area is 211 Å². The van der Waals surface area contributed by atoms with Gasteiger partial charge in [-0.1, -0.05) is 157 Å². The summed E-state index contributed by atoms with van der Waals surface area (Å²) in [6, 6.07) is 52.6. The van der Waals surface area contributed by atoms with Gasteiger partial charge in [0.25, 0.3) is 0 Å². The molecule has 0 fully saturated rings. The van der Waals surface area contributed by atoms with Gasteiger partial charge in [0.05, 0.1) is 0 Å². The van der Waals surface area contributed by atoms with Gasteiger partial charge >= 0.3 is 0 Å². The van der Waals surface area contributed by atoms with Crippen LogP contribution in [0.25, 0.3) is 0 Å². The molecule has 0 amide bonds. The van der Waals surface area contributed by atoms with Crippen LogP contribution >= 0.6 is 0 Å². The second-order valence-electron chi connectivity index (χ2n) is 8.85. The molecule has 0 unspecified atom stereocenters. The molecule has 0 aliphatic carbocycles. The van der Waals surface area contributed by atoms with Crippen molar-refractivity contribution in [1.29, 1.82) is 0 Å². The Morgan fingerprint density at radius 3 is 1.17 bits per heavy atom. The lowest BCUT2D eigenvalue weighted by atomic mass is 9.74. The summed E-state index contributed by atoms with van der Waals surface area (Å²) in [5, 5.41) is 11.7. The van der Waals surface area contributed by atoms with Crippen LogP contribution in [0.2, 0.25) is 0 Å². The third kappa shape index (κ3) is 3.35. The molecular weight excluding hydrogens is 440 g/mol. The summed E-state index contributed by atoms with van der Waals surface area (Å²) in [5.74, 6) is 0. The molecule has 0 saturated carbocycles. The van der Waals surface area contributed by atoms with Gasteiger partial charge in [-0.15, -0.1) is 10.1 Å². The van der Waals surface area contributed by atoms with Crippen molar-refractivity contribution in [3.05, 3.63) is 179 Å². The first-order valence-corrected chi connectivity index (χ1v) is 12.1. The summed E-state index contributed by atoms with van der Waals surface area (Å²) in [4.78, 5) is 0. The third-order valence-electron chi connectivity index (χ3n) is 6.93. The fourth-order valence-corrected chi connectivity index (χ4v) is 5.38. The van der Waals surface area contributed by atoms with E-state index in [0.717, 1.165) is 27.8 Å². The Morgan fingerprint density at radius 2 is 0.806 bits per heavy atom. The molecule has 4 heteroatoms. The maximum Gasteiger partial charge on any atom is 0.206 e.